The molecule has 8 nitrogen and oxygen atoms in total. The highest BCUT2D eigenvalue weighted by molar-refractivity contribution is 5.88. The van der Waals surface area contributed by atoms with Crippen molar-refractivity contribution >= 4 is 28.7 Å². The third-order valence-electron chi connectivity index (χ3n) is 3.43. The number of hydrogen-bond acceptors (Lipinski definition) is 8. The molecule has 0 aliphatic carbocycles. The Kier molecular flexibility index (Phi) is 6.28. The van der Waals surface area contributed by atoms with E-state index in [-0.39, 0.29) is 6.61 Å². The maximum atomic E-state index is 8.99. The fourth-order valence-corrected chi connectivity index (χ4v) is 2.24. The van der Waals surface area contributed by atoms with Gasteiger partial charge in [0.25, 0.3) is 0 Å². The second kappa shape index (κ2) is 8.42. The van der Waals surface area contributed by atoms with Gasteiger partial charge in [-0.25, -0.2) is 15.0 Å². The maximum absolute atomic E-state index is 8.99. The Bertz CT molecular complexity index is 647. The molecule has 0 saturated heterocycles. The molecule has 0 radical (unpaired) electrons. The van der Waals surface area contributed by atoms with Crippen LogP contribution in [0.5, 0.6) is 0 Å². The number of aliphatic hydroxyl groups excluding tert-OH is 1. The first-order valence-corrected chi connectivity index (χ1v) is 8.02. The summed E-state index contributed by atoms with van der Waals surface area (Å²) in [6, 6.07) is 0. The Labute approximate surface area is 136 Å². The Morgan fingerprint density at radius 1 is 0.913 bits per heavy atom. The van der Waals surface area contributed by atoms with Crippen LogP contribution in [0.1, 0.15) is 31.9 Å². The maximum Gasteiger partial charge on any atom is 0.225 e. The minimum absolute atomic E-state index is 0.182. The minimum Gasteiger partial charge on any atom is -0.396 e. The van der Waals surface area contributed by atoms with Crippen LogP contribution in [0.4, 0.5) is 17.7 Å². The second-order valence-corrected chi connectivity index (χ2v) is 5.19. The van der Waals surface area contributed by atoms with E-state index in [0.29, 0.717) is 17.7 Å². The largest absolute Gasteiger partial charge is 0.396 e. The molecule has 2 aromatic rings. The summed E-state index contributed by atoms with van der Waals surface area (Å²) in [5, 5.41) is 18.3. The molecule has 0 bridgehead atoms. The Hall–Kier alpha value is -2.22. The lowest BCUT2D eigenvalue weighted by atomic mass is 10.1. The molecule has 2 rings (SSSR count). The van der Waals surface area contributed by atoms with Crippen molar-refractivity contribution in [3.63, 3.8) is 0 Å². The topological polar surface area (TPSA) is 108 Å². The van der Waals surface area contributed by atoms with Gasteiger partial charge in [-0.05, 0) is 25.7 Å². The standard InChI is InChI=1S/C15H25N7O/c1-4-8-18-13-12-11(20-15(17-3)22-13)10(7-5-6-9-23)19-14(16-2)21-12/h23H,4-9H2,1-3H3,(H,16,19,21)(H2,17,18,20,22). The summed E-state index contributed by atoms with van der Waals surface area (Å²) in [5.41, 5.74) is 2.34. The van der Waals surface area contributed by atoms with E-state index in [1.54, 1.807) is 14.1 Å². The Morgan fingerprint density at radius 2 is 1.61 bits per heavy atom. The molecule has 0 spiro atoms. The van der Waals surface area contributed by atoms with Gasteiger partial charge in [0.05, 0.1) is 5.69 Å². The summed E-state index contributed by atoms with van der Waals surface area (Å²) in [7, 11) is 3.58. The van der Waals surface area contributed by atoms with Gasteiger partial charge in [0, 0.05) is 27.2 Å². The van der Waals surface area contributed by atoms with E-state index in [4.69, 9.17) is 5.11 Å². The molecule has 0 unspecified atom stereocenters. The number of unbranched alkanes of at least 4 members (excludes halogenated alkanes) is 1. The minimum atomic E-state index is 0.182. The van der Waals surface area contributed by atoms with Crippen LogP contribution in [0, 0.1) is 0 Å². The summed E-state index contributed by atoms with van der Waals surface area (Å²) in [4.78, 5) is 18.1. The fourth-order valence-electron chi connectivity index (χ4n) is 2.24. The van der Waals surface area contributed by atoms with E-state index < -0.39 is 0 Å². The molecule has 0 aromatic carbocycles. The third kappa shape index (κ3) is 4.16. The average molecular weight is 319 g/mol. The van der Waals surface area contributed by atoms with Crippen molar-refractivity contribution in [1.29, 1.82) is 0 Å². The number of rotatable bonds is 9. The van der Waals surface area contributed by atoms with Crippen molar-refractivity contribution in [1.82, 2.24) is 19.9 Å². The summed E-state index contributed by atoms with van der Waals surface area (Å²) in [6.07, 6.45) is 3.32. The molecule has 0 fully saturated rings. The molecule has 0 aliphatic heterocycles. The summed E-state index contributed by atoms with van der Waals surface area (Å²) < 4.78 is 0. The number of fused-ring (bicyclic) bond motifs is 1. The predicted octanol–water partition coefficient (Wildman–Crippen LogP) is 1.64. The number of hydrogen-bond donors (Lipinski definition) is 4. The zero-order valence-corrected chi connectivity index (χ0v) is 14.0. The molecule has 2 aromatic heterocycles. The van der Waals surface area contributed by atoms with Gasteiger partial charge >= 0.3 is 0 Å². The normalized spacial score (nSPS) is 10.8. The Morgan fingerprint density at radius 3 is 2.26 bits per heavy atom. The van der Waals surface area contributed by atoms with Crippen LogP contribution in [-0.2, 0) is 6.42 Å². The third-order valence-corrected chi connectivity index (χ3v) is 3.43. The molecule has 4 N–H and O–H groups in total. The number of aromatic nitrogens is 4. The average Bonchev–Trinajstić information content (AvgIpc) is 2.59. The van der Waals surface area contributed by atoms with Crippen LogP contribution >= 0.6 is 0 Å². The van der Waals surface area contributed by atoms with Gasteiger partial charge in [-0.15, -0.1) is 0 Å². The van der Waals surface area contributed by atoms with E-state index >= 15 is 0 Å². The zero-order chi connectivity index (χ0) is 16.7. The number of nitrogens with zero attached hydrogens (tertiary/aromatic N) is 4. The van der Waals surface area contributed by atoms with Crippen LogP contribution in [0.3, 0.4) is 0 Å². The second-order valence-electron chi connectivity index (χ2n) is 5.19. The molecule has 126 valence electrons. The van der Waals surface area contributed by atoms with Crippen LogP contribution in [0.25, 0.3) is 11.0 Å². The van der Waals surface area contributed by atoms with Crippen LogP contribution in [0.15, 0.2) is 0 Å². The van der Waals surface area contributed by atoms with Gasteiger partial charge in [0.15, 0.2) is 5.82 Å². The van der Waals surface area contributed by atoms with Gasteiger partial charge in [-0.1, -0.05) is 6.92 Å². The first kappa shape index (κ1) is 17.1. The smallest absolute Gasteiger partial charge is 0.225 e. The van der Waals surface area contributed by atoms with E-state index in [1.165, 1.54) is 0 Å². The van der Waals surface area contributed by atoms with Crippen LogP contribution < -0.4 is 16.0 Å². The first-order chi connectivity index (χ1) is 11.2. The highest BCUT2D eigenvalue weighted by Crippen LogP contribution is 2.24. The molecule has 2 heterocycles. The van der Waals surface area contributed by atoms with Crippen molar-refractivity contribution < 1.29 is 5.11 Å². The Balaban J connectivity index is 2.53. The predicted molar refractivity (Wildman–Crippen MR) is 93.0 cm³/mol. The summed E-state index contributed by atoms with van der Waals surface area (Å²) in [5.74, 6) is 1.81. The lowest BCUT2D eigenvalue weighted by Gasteiger charge is -2.13. The molecule has 0 atom stereocenters. The van der Waals surface area contributed by atoms with E-state index in [0.717, 1.165) is 49.0 Å². The first-order valence-electron chi connectivity index (χ1n) is 8.02. The van der Waals surface area contributed by atoms with E-state index in [2.05, 4.69) is 42.8 Å². The van der Waals surface area contributed by atoms with Crippen molar-refractivity contribution in [3.8, 4) is 0 Å². The summed E-state index contributed by atoms with van der Waals surface area (Å²) in [6.45, 7) is 3.10. The van der Waals surface area contributed by atoms with E-state index in [1.807, 2.05) is 0 Å². The highest BCUT2D eigenvalue weighted by Gasteiger charge is 2.15. The van der Waals surface area contributed by atoms with Crippen molar-refractivity contribution in [2.75, 3.05) is 43.2 Å². The number of aryl methyl sites for hydroxylation is 1. The molecular weight excluding hydrogens is 294 g/mol. The van der Waals surface area contributed by atoms with Gasteiger partial charge in [-0.2, -0.15) is 4.98 Å². The van der Waals surface area contributed by atoms with Gasteiger partial charge in [0.1, 0.15) is 11.0 Å². The van der Waals surface area contributed by atoms with Crippen molar-refractivity contribution in [3.05, 3.63) is 5.69 Å². The van der Waals surface area contributed by atoms with E-state index in [9.17, 15) is 0 Å². The van der Waals surface area contributed by atoms with Gasteiger partial charge in [0.2, 0.25) is 11.9 Å². The number of nitrogens with one attached hydrogen (secondary N) is 3. The van der Waals surface area contributed by atoms with Gasteiger partial charge < -0.3 is 21.1 Å². The monoisotopic (exact) mass is 319 g/mol. The number of aliphatic hydroxyl groups is 1. The zero-order valence-electron chi connectivity index (χ0n) is 14.0. The molecule has 0 saturated carbocycles. The van der Waals surface area contributed by atoms with Crippen LogP contribution in [0.2, 0.25) is 0 Å². The lowest BCUT2D eigenvalue weighted by molar-refractivity contribution is 0.284. The van der Waals surface area contributed by atoms with Crippen molar-refractivity contribution in [2.45, 2.75) is 32.6 Å². The van der Waals surface area contributed by atoms with Crippen LogP contribution in [-0.4, -0.2) is 52.3 Å². The molecule has 8 heteroatoms. The highest BCUT2D eigenvalue weighted by atomic mass is 16.2. The number of anilines is 3. The van der Waals surface area contributed by atoms with Crippen molar-refractivity contribution in [2.24, 2.45) is 0 Å². The molecular formula is C15H25N7O. The fraction of sp³-hybridized carbons (Fsp3) is 0.600. The quantitative estimate of drug-likeness (QED) is 0.517. The lowest BCUT2D eigenvalue weighted by Crippen LogP contribution is -2.10. The van der Waals surface area contributed by atoms with Gasteiger partial charge in [-0.3, -0.25) is 0 Å². The molecule has 0 aliphatic rings. The summed E-state index contributed by atoms with van der Waals surface area (Å²) >= 11 is 0. The SMILES string of the molecule is CCCNc1nc(NC)nc2c(CCCCO)nc(NC)nc12. The molecule has 23 heavy (non-hydrogen) atoms. The molecule has 0 amide bonds.